The molecule has 6 heteroatoms. The minimum Gasteiger partial charge on any atom is -0.200 e. The molecule has 1 saturated carbocycles. The molecule has 0 aliphatic heterocycles. The van der Waals surface area contributed by atoms with Crippen LogP contribution in [0.2, 0.25) is 0 Å². The van der Waals surface area contributed by atoms with E-state index in [1.54, 1.807) is 19.1 Å². The molecule has 1 aliphatic carbocycles. The first kappa shape index (κ1) is 19.1. The first-order chi connectivity index (χ1) is 12.5. The van der Waals surface area contributed by atoms with Crippen molar-refractivity contribution in [3.8, 4) is 0 Å². The van der Waals surface area contributed by atoms with Gasteiger partial charge in [0.1, 0.15) is 0 Å². The van der Waals surface area contributed by atoms with E-state index in [0.717, 1.165) is 10.0 Å². The molecular formula is C20H23BrN2O2S. The monoisotopic (exact) mass is 434 g/mol. The molecule has 0 atom stereocenters. The SMILES string of the molecule is C/C(=N/NS(=O)(=O)c1ccc(Br)cc1)c1ccc(C2CCCCC2)cc1. The van der Waals surface area contributed by atoms with Gasteiger partial charge in [0.05, 0.1) is 10.6 Å². The normalized spacial score (nSPS) is 16.5. The number of nitrogens with zero attached hydrogens (tertiary/aromatic N) is 1. The van der Waals surface area contributed by atoms with E-state index in [1.807, 2.05) is 12.1 Å². The van der Waals surface area contributed by atoms with E-state index >= 15 is 0 Å². The number of rotatable bonds is 5. The van der Waals surface area contributed by atoms with Gasteiger partial charge in [0.15, 0.2) is 0 Å². The molecular weight excluding hydrogens is 412 g/mol. The van der Waals surface area contributed by atoms with Crippen LogP contribution < -0.4 is 4.83 Å². The number of hydrazone groups is 1. The summed E-state index contributed by atoms with van der Waals surface area (Å²) in [6.45, 7) is 1.81. The average molecular weight is 435 g/mol. The third kappa shape index (κ3) is 4.74. The minimum absolute atomic E-state index is 0.185. The average Bonchev–Trinajstić information content (AvgIpc) is 2.67. The van der Waals surface area contributed by atoms with E-state index in [2.05, 4.69) is 38.0 Å². The number of halogens is 1. The van der Waals surface area contributed by atoms with Crippen molar-refractivity contribution in [2.24, 2.45) is 5.10 Å². The van der Waals surface area contributed by atoms with E-state index in [9.17, 15) is 8.42 Å². The zero-order valence-corrected chi connectivity index (χ0v) is 17.2. The van der Waals surface area contributed by atoms with Crippen LogP contribution >= 0.6 is 15.9 Å². The van der Waals surface area contributed by atoms with Crippen LogP contribution in [-0.4, -0.2) is 14.1 Å². The maximum atomic E-state index is 12.3. The lowest BCUT2D eigenvalue weighted by Gasteiger charge is -2.22. The third-order valence-corrected chi connectivity index (χ3v) is 6.62. The van der Waals surface area contributed by atoms with Gasteiger partial charge in [0.2, 0.25) is 0 Å². The van der Waals surface area contributed by atoms with Crippen LogP contribution in [0.3, 0.4) is 0 Å². The number of hydrogen-bond acceptors (Lipinski definition) is 3. The fraction of sp³-hybridized carbons (Fsp3) is 0.350. The fourth-order valence-electron chi connectivity index (χ4n) is 3.29. The second-order valence-corrected chi connectivity index (χ2v) is 9.28. The Morgan fingerprint density at radius 3 is 2.23 bits per heavy atom. The summed E-state index contributed by atoms with van der Waals surface area (Å²) in [4.78, 5) is 2.50. The molecule has 2 aromatic rings. The lowest BCUT2D eigenvalue weighted by molar-refractivity contribution is 0.443. The largest absolute Gasteiger partial charge is 0.276 e. The van der Waals surface area contributed by atoms with Crippen molar-refractivity contribution in [3.05, 3.63) is 64.1 Å². The molecule has 26 heavy (non-hydrogen) atoms. The van der Waals surface area contributed by atoms with Gasteiger partial charge in [0, 0.05) is 4.47 Å². The van der Waals surface area contributed by atoms with Crippen LogP contribution in [0.4, 0.5) is 0 Å². The van der Waals surface area contributed by atoms with Crippen molar-refractivity contribution in [2.75, 3.05) is 0 Å². The molecule has 1 aliphatic rings. The summed E-state index contributed by atoms with van der Waals surface area (Å²) in [5.74, 6) is 0.658. The molecule has 0 aromatic heterocycles. The van der Waals surface area contributed by atoms with Gasteiger partial charge < -0.3 is 0 Å². The number of benzene rings is 2. The molecule has 2 aromatic carbocycles. The molecule has 0 saturated heterocycles. The Balaban J connectivity index is 1.70. The lowest BCUT2D eigenvalue weighted by Crippen LogP contribution is -2.19. The number of hydrogen-bond donors (Lipinski definition) is 1. The van der Waals surface area contributed by atoms with Gasteiger partial charge in [0.25, 0.3) is 10.0 Å². The highest BCUT2D eigenvalue weighted by Crippen LogP contribution is 2.32. The van der Waals surface area contributed by atoms with Crippen LogP contribution in [0.1, 0.15) is 56.1 Å². The van der Waals surface area contributed by atoms with E-state index < -0.39 is 10.0 Å². The van der Waals surface area contributed by atoms with E-state index in [0.29, 0.717) is 11.6 Å². The second-order valence-electron chi connectivity index (χ2n) is 6.70. The van der Waals surface area contributed by atoms with Crippen molar-refractivity contribution >= 4 is 31.7 Å². The van der Waals surface area contributed by atoms with Gasteiger partial charge in [-0.05, 0) is 61.1 Å². The predicted octanol–water partition coefficient (Wildman–Crippen LogP) is 5.20. The van der Waals surface area contributed by atoms with Crippen LogP contribution in [0.5, 0.6) is 0 Å². The van der Waals surface area contributed by atoms with Gasteiger partial charge in [-0.1, -0.05) is 59.5 Å². The zero-order chi connectivity index (χ0) is 18.6. The summed E-state index contributed by atoms with van der Waals surface area (Å²) in [6.07, 6.45) is 6.49. The topological polar surface area (TPSA) is 58.5 Å². The van der Waals surface area contributed by atoms with Crippen molar-refractivity contribution in [1.29, 1.82) is 0 Å². The molecule has 0 spiro atoms. The molecule has 0 bridgehead atoms. The van der Waals surface area contributed by atoms with Crippen LogP contribution in [-0.2, 0) is 10.0 Å². The summed E-state index contributed by atoms with van der Waals surface area (Å²) in [6, 6.07) is 14.8. The first-order valence-corrected chi connectivity index (χ1v) is 11.2. The molecule has 1 fully saturated rings. The summed E-state index contributed by atoms with van der Waals surface area (Å²) in [5, 5.41) is 4.07. The lowest BCUT2D eigenvalue weighted by atomic mass is 9.84. The minimum atomic E-state index is -3.66. The Hall–Kier alpha value is -1.66. The van der Waals surface area contributed by atoms with Gasteiger partial charge in [-0.25, -0.2) is 0 Å². The van der Waals surface area contributed by atoms with Crippen LogP contribution in [0, 0.1) is 0 Å². The Labute approximate surface area is 163 Å². The maximum absolute atomic E-state index is 12.3. The maximum Gasteiger partial charge on any atom is 0.276 e. The number of sulfonamides is 1. The first-order valence-electron chi connectivity index (χ1n) is 8.88. The van der Waals surface area contributed by atoms with Gasteiger partial charge in [-0.2, -0.15) is 18.4 Å². The van der Waals surface area contributed by atoms with Crippen molar-refractivity contribution in [1.82, 2.24) is 4.83 Å². The van der Waals surface area contributed by atoms with Gasteiger partial charge >= 0.3 is 0 Å². The fourth-order valence-corrected chi connectivity index (χ4v) is 4.41. The molecule has 4 nitrogen and oxygen atoms in total. The standard InChI is InChI=1S/C20H23BrN2O2S/c1-15(22-23-26(24,25)20-13-11-19(21)12-14-20)16-7-9-18(10-8-16)17-5-3-2-4-6-17/h7-14,17,23H,2-6H2,1H3/b22-15-. The molecule has 1 N–H and O–H groups in total. The summed E-state index contributed by atoms with van der Waals surface area (Å²) < 4.78 is 25.4. The van der Waals surface area contributed by atoms with Crippen molar-refractivity contribution in [2.45, 2.75) is 49.8 Å². The van der Waals surface area contributed by atoms with Crippen LogP contribution in [0.15, 0.2) is 63.0 Å². The highest BCUT2D eigenvalue weighted by molar-refractivity contribution is 9.10. The summed E-state index contributed by atoms with van der Waals surface area (Å²) in [7, 11) is -3.66. The zero-order valence-electron chi connectivity index (χ0n) is 14.8. The molecule has 3 rings (SSSR count). The quantitative estimate of drug-likeness (QED) is 0.519. The summed E-state index contributed by atoms with van der Waals surface area (Å²) in [5.41, 5.74) is 2.93. The van der Waals surface area contributed by atoms with Crippen molar-refractivity contribution < 1.29 is 8.42 Å². The highest BCUT2D eigenvalue weighted by Gasteiger charge is 2.16. The second kappa shape index (κ2) is 8.35. The smallest absolute Gasteiger partial charge is 0.200 e. The van der Waals surface area contributed by atoms with Gasteiger partial charge in [-0.15, -0.1) is 0 Å². The highest BCUT2D eigenvalue weighted by atomic mass is 79.9. The van der Waals surface area contributed by atoms with Gasteiger partial charge in [-0.3, -0.25) is 0 Å². The van der Waals surface area contributed by atoms with E-state index in [4.69, 9.17) is 0 Å². The van der Waals surface area contributed by atoms with Crippen LogP contribution in [0.25, 0.3) is 0 Å². The Morgan fingerprint density at radius 2 is 1.62 bits per heavy atom. The Bertz CT molecular complexity index is 869. The summed E-state index contributed by atoms with van der Waals surface area (Å²) >= 11 is 3.30. The molecule has 0 unspecified atom stereocenters. The molecule has 0 radical (unpaired) electrons. The van der Waals surface area contributed by atoms with E-state index in [-0.39, 0.29) is 4.90 Å². The van der Waals surface area contributed by atoms with Crippen molar-refractivity contribution in [3.63, 3.8) is 0 Å². The number of nitrogens with one attached hydrogen (secondary N) is 1. The molecule has 138 valence electrons. The molecule has 0 amide bonds. The Morgan fingerprint density at radius 1 is 1.00 bits per heavy atom. The van der Waals surface area contributed by atoms with E-state index in [1.165, 1.54) is 49.8 Å². The molecule has 0 heterocycles. The predicted molar refractivity (Wildman–Crippen MR) is 109 cm³/mol. The Kier molecular flexibility index (Phi) is 6.14. The third-order valence-electron chi connectivity index (χ3n) is 4.86.